The van der Waals surface area contributed by atoms with Crippen molar-refractivity contribution in [3.05, 3.63) is 39.5 Å². The Hall–Kier alpha value is -2.82. The molecule has 1 aromatic heterocycles. The van der Waals surface area contributed by atoms with E-state index in [-0.39, 0.29) is 30.9 Å². The van der Waals surface area contributed by atoms with E-state index in [1.54, 1.807) is 12.1 Å². The van der Waals surface area contributed by atoms with Crippen molar-refractivity contribution in [2.24, 2.45) is 5.73 Å². The third-order valence-corrected chi connectivity index (χ3v) is 7.53. The molecule has 2 atom stereocenters. The van der Waals surface area contributed by atoms with Crippen LogP contribution in [0.3, 0.4) is 0 Å². The fourth-order valence-corrected chi connectivity index (χ4v) is 5.35. The van der Waals surface area contributed by atoms with Crippen molar-refractivity contribution in [3.8, 4) is 0 Å². The van der Waals surface area contributed by atoms with Gasteiger partial charge in [-0.3, -0.25) is 14.5 Å². The summed E-state index contributed by atoms with van der Waals surface area (Å²) in [5.74, 6) is -0.314. The predicted octanol–water partition coefficient (Wildman–Crippen LogP) is 4.21. The minimum absolute atomic E-state index is 0.0522. The van der Waals surface area contributed by atoms with Gasteiger partial charge in [0.2, 0.25) is 5.91 Å². The molecule has 1 aromatic carbocycles. The molecule has 1 unspecified atom stereocenters. The molecular weight excluding hydrogens is 502 g/mol. The number of nitrogens with one attached hydrogen (secondary N) is 2. The summed E-state index contributed by atoms with van der Waals surface area (Å²) in [6, 6.07) is 8.99. The lowest BCUT2D eigenvalue weighted by atomic mass is 10.1. The van der Waals surface area contributed by atoms with Crippen LogP contribution in [0.25, 0.3) is 0 Å². The first-order valence-electron chi connectivity index (χ1n) is 12.3. The molecule has 2 aliphatic heterocycles. The molecule has 0 spiro atoms. The summed E-state index contributed by atoms with van der Waals surface area (Å²) >= 11 is 7.09. The van der Waals surface area contributed by atoms with Crippen LogP contribution in [-0.4, -0.2) is 56.2 Å². The normalized spacial score (nSPS) is 19.5. The van der Waals surface area contributed by atoms with E-state index in [1.807, 2.05) is 18.2 Å². The van der Waals surface area contributed by atoms with E-state index in [9.17, 15) is 14.4 Å². The lowest BCUT2D eigenvalue weighted by molar-refractivity contribution is -0.116. The van der Waals surface area contributed by atoms with Crippen LogP contribution < -0.4 is 26.2 Å². The van der Waals surface area contributed by atoms with Gasteiger partial charge in [0.05, 0.1) is 33.7 Å². The molecule has 3 heterocycles. The molecule has 2 fully saturated rings. The van der Waals surface area contributed by atoms with Crippen molar-refractivity contribution in [1.29, 1.82) is 0 Å². The highest BCUT2D eigenvalue weighted by atomic mass is 35.5. The summed E-state index contributed by atoms with van der Waals surface area (Å²) in [7, 11) is 0. The average Bonchev–Trinajstić information content (AvgIpc) is 3.57. The summed E-state index contributed by atoms with van der Waals surface area (Å²) in [5, 5.41) is 5.84. The van der Waals surface area contributed by atoms with Crippen molar-refractivity contribution >= 4 is 57.9 Å². The highest BCUT2D eigenvalue weighted by Gasteiger charge is 2.33. The monoisotopic (exact) mass is 533 g/mol. The molecule has 0 aliphatic carbocycles. The van der Waals surface area contributed by atoms with Crippen molar-refractivity contribution in [3.63, 3.8) is 0 Å². The van der Waals surface area contributed by atoms with Gasteiger partial charge in [0.25, 0.3) is 5.91 Å². The first-order valence-corrected chi connectivity index (χ1v) is 13.5. The van der Waals surface area contributed by atoms with Crippen molar-refractivity contribution in [1.82, 2.24) is 5.32 Å². The maximum absolute atomic E-state index is 12.7. The van der Waals surface area contributed by atoms with E-state index < -0.39 is 12.2 Å². The molecule has 3 amide bonds. The zero-order chi connectivity index (χ0) is 25.7. The van der Waals surface area contributed by atoms with Crippen LogP contribution in [0.2, 0.25) is 4.34 Å². The molecule has 194 valence electrons. The zero-order valence-corrected chi connectivity index (χ0v) is 21.9. The van der Waals surface area contributed by atoms with Crippen LogP contribution in [0.5, 0.6) is 0 Å². The topological polar surface area (TPSA) is 117 Å². The highest BCUT2D eigenvalue weighted by molar-refractivity contribution is 7.18. The van der Waals surface area contributed by atoms with Crippen molar-refractivity contribution in [2.75, 3.05) is 41.3 Å². The van der Waals surface area contributed by atoms with E-state index in [2.05, 4.69) is 22.5 Å². The molecule has 36 heavy (non-hydrogen) atoms. The number of amides is 3. The molecular formula is C25H32ClN5O4S. The summed E-state index contributed by atoms with van der Waals surface area (Å²) in [5.41, 5.74) is 8.28. The minimum atomic E-state index is -0.500. The van der Waals surface area contributed by atoms with E-state index >= 15 is 0 Å². The fourth-order valence-electron chi connectivity index (χ4n) is 4.39. The average molecular weight is 534 g/mol. The number of halogens is 1. The van der Waals surface area contributed by atoms with Crippen LogP contribution in [-0.2, 0) is 9.53 Å². The van der Waals surface area contributed by atoms with Gasteiger partial charge in [-0.15, -0.1) is 11.3 Å². The van der Waals surface area contributed by atoms with Gasteiger partial charge < -0.3 is 26.0 Å². The van der Waals surface area contributed by atoms with Crippen molar-refractivity contribution < 1.29 is 19.1 Å². The SMILES string of the molecule is CCCCCC(=O)Nc1cc(N2C[C@@H](CNC(=O)c3ccc(Cl)s3)OC2=O)ccc1N1CCC(N)C1. The molecule has 4 rings (SSSR count). The Morgan fingerprint density at radius 3 is 2.75 bits per heavy atom. The molecule has 2 saturated heterocycles. The Balaban J connectivity index is 1.44. The largest absolute Gasteiger partial charge is 0.442 e. The number of nitrogens with two attached hydrogens (primary N) is 1. The highest BCUT2D eigenvalue weighted by Crippen LogP contribution is 2.34. The number of carbonyl (C=O) groups is 3. The minimum Gasteiger partial charge on any atom is -0.442 e. The lowest BCUT2D eigenvalue weighted by Crippen LogP contribution is -2.34. The quantitative estimate of drug-likeness (QED) is 0.394. The van der Waals surface area contributed by atoms with Gasteiger partial charge in [0.1, 0.15) is 6.10 Å². The number of thiophene rings is 1. The van der Waals surface area contributed by atoms with E-state index in [4.69, 9.17) is 22.1 Å². The van der Waals surface area contributed by atoms with Gasteiger partial charge >= 0.3 is 6.09 Å². The number of anilines is 3. The Labute approximate surface area is 219 Å². The molecule has 4 N–H and O–H groups in total. The van der Waals surface area contributed by atoms with Gasteiger partial charge in [0, 0.05) is 31.2 Å². The van der Waals surface area contributed by atoms with Gasteiger partial charge in [0.15, 0.2) is 0 Å². The second-order valence-corrected chi connectivity index (χ2v) is 10.8. The molecule has 0 bridgehead atoms. The van der Waals surface area contributed by atoms with Gasteiger partial charge in [-0.2, -0.15) is 0 Å². The summed E-state index contributed by atoms with van der Waals surface area (Å²) in [4.78, 5) is 41.8. The second-order valence-electron chi connectivity index (χ2n) is 9.13. The Morgan fingerprint density at radius 1 is 1.22 bits per heavy atom. The first-order chi connectivity index (χ1) is 17.3. The summed E-state index contributed by atoms with van der Waals surface area (Å²) in [6.45, 7) is 4.08. The number of unbranched alkanes of at least 4 members (excludes halogenated alkanes) is 2. The van der Waals surface area contributed by atoms with E-state index in [1.165, 1.54) is 16.2 Å². The molecule has 0 saturated carbocycles. The van der Waals surface area contributed by atoms with Crippen LogP contribution in [0.15, 0.2) is 30.3 Å². The standard InChI is InChI=1S/C25H32ClN5O4S/c1-2-3-4-5-23(32)29-19-12-17(6-7-20(19)30-11-10-16(27)14-30)31-15-18(35-25(31)34)13-28-24(33)21-8-9-22(26)36-21/h6-9,12,16,18H,2-5,10-11,13-15,27H2,1H3,(H,28,33)(H,29,32)/t16?,18-/m1/s1. The van der Waals surface area contributed by atoms with E-state index in [0.29, 0.717) is 33.6 Å². The molecule has 9 nitrogen and oxygen atoms in total. The predicted molar refractivity (Wildman–Crippen MR) is 143 cm³/mol. The van der Waals surface area contributed by atoms with Gasteiger partial charge in [-0.1, -0.05) is 31.4 Å². The first kappa shape index (κ1) is 26.2. The summed E-state index contributed by atoms with van der Waals surface area (Å²) in [6.07, 6.45) is 3.20. The van der Waals surface area contributed by atoms with Gasteiger partial charge in [-0.05, 0) is 43.2 Å². The number of cyclic esters (lactones) is 1. The molecule has 11 heteroatoms. The second kappa shape index (κ2) is 11.9. The number of hydrogen-bond donors (Lipinski definition) is 3. The van der Waals surface area contributed by atoms with E-state index in [0.717, 1.165) is 37.9 Å². The maximum atomic E-state index is 12.7. The number of nitrogens with zero attached hydrogens (tertiary/aromatic N) is 2. The fraction of sp³-hybridized carbons (Fsp3) is 0.480. The van der Waals surface area contributed by atoms with Crippen LogP contribution in [0, 0.1) is 0 Å². The number of hydrogen-bond acceptors (Lipinski definition) is 7. The number of ether oxygens (including phenoxy) is 1. The zero-order valence-electron chi connectivity index (χ0n) is 20.3. The summed E-state index contributed by atoms with van der Waals surface area (Å²) < 4.78 is 6.02. The Kier molecular flexibility index (Phi) is 8.71. The smallest absolute Gasteiger partial charge is 0.414 e. The van der Waals surface area contributed by atoms with Crippen LogP contribution in [0.4, 0.5) is 21.9 Å². The Morgan fingerprint density at radius 2 is 2.06 bits per heavy atom. The maximum Gasteiger partial charge on any atom is 0.414 e. The number of carbonyl (C=O) groups excluding carboxylic acids is 3. The third kappa shape index (κ3) is 6.48. The molecule has 2 aliphatic rings. The molecule has 0 radical (unpaired) electrons. The number of benzene rings is 1. The van der Waals surface area contributed by atoms with Crippen molar-refractivity contribution in [2.45, 2.75) is 51.2 Å². The lowest BCUT2D eigenvalue weighted by Gasteiger charge is -2.24. The van der Waals surface area contributed by atoms with Gasteiger partial charge in [-0.25, -0.2) is 4.79 Å². The Bertz CT molecular complexity index is 1110. The van der Waals surface area contributed by atoms with Crippen LogP contribution >= 0.6 is 22.9 Å². The number of rotatable bonds is 10. The van der Waals surface area contributed by atoms with Crippen LogP contribution in [0.1, 0.15) is 48.7 Å². The molecule has 2 aromatic rings. The third-order valence-electron chi connectivity index (χ3n) is 6.30.